The zero-order valence-electron chi connectivity index (χ0n) is 36.1. The molecular weight excluding hydrogens is 829 g/mol. The molecule has 6 rings (SSSR count). The largest absolute Gasteiger partial charge is 0.480 e. The molecule has 0 unspecified atom stereocenters. The standard InChI is InChI=1S/C23H26F2N2O4.C13H11F2NO.C10H17NO4/c1-23(2,3)31-22(29)27-11-7-10-19(27)21(28)26-14-15-12-18(25)20(13-17(15)24)30-16-8-5-4-6-9-16;14-11-7-13(12(15)6-9(11)8-16)17-10-4-2-1-3-5-10;1-10(2,3)15-9(14)11-6-4-5-7(11)8(12)13/h4-6,8-9,12-13,19H,7,10-11,14H2,1-3H3,(H,26,28);1-7H,8,16H2;7H,4-6H2,1-3H3,(H,12,13)/t19-;;7-/m0.0/s1. The lowest BCUT2D eigenvalue weighted by atomic mass is 10.1. The van der Waals surface area contributed by atoms with Gasteiger partial charge >= 0.3 is 18.2 Å². The van der Waals surface area contributed by atoms with E-state index in [2.05, 4.69) is 5.32 Å². The number of nitrogens with one attached hydrogen (secondary N) is 1. The summed E-state index contributed by atoms with van der Waals surface area (Å²) in [5, 5.41) is 11.5. The molecule has 340 valence electrons. The van der Waals surface area contributed by atoms with Gasteiger partial charge in [-0.15, -0.1) is 0 Å². The topological polar surface area (TPSA) is 170 Å². The highest BCUT2D eigenvalue weighted by atomic mass is 19.1. The van der Waals surface area contributed by atoms with Gasteiger partial charge in [-0.3, -0.25) is 14.6 Å². The van der Waals surface area contributed by atoms with Gasteiger partial charge in [0.05, 0.1) is 0 Å². The Bertz CT molecular complexity index is 2180. The predicted octanol–water partition coefficient (Wildman–Crippen LogP) is 9.46. The summed E-state index contributed by atoms with van der Waals surface area (Å²) in [5.41, 5.74) is 4.13. The number of aliphatic carboxylic acids is 1. The van der Waals surface area contributed by atoms with Gasteiger partial charge in [0, 0.05) is 49.4 Å². The Hall–Kier alpha value is -6.36. The van der Waals surface area contributed by atoms with Crippen molar-refractivity contribution in [2.24, 2.45) is 5.73 Å². The predicted molar refractivity (Wildman–Crippen MR) is 225 cm³/mol. The number of amides is 3. The van der Waals surface area contributed by atoms with Crippen molar-refractivity contribution in [3.63, 3.8) is 0 Å². The van der Waals surface area contributed by atoms with Crippen LogP contribution in [0.5, 0.6) is 23.0 Å². The molecule has 3 amide bonds. The molecule has 17 heteroatoms. The fraction of sp³-hybridized carbons (Fsp3) is 0.391. The molecule has 0 aromatic heterocycles. The Labute approximate surface area is 364 Å². The number of halogens is 4. The fourth-order valence-corrected chi connectivity index (χ4v) is 6.26. The maximum Gasteiger partial charge on any atom is 0.411 e. The maximum atomic E-state index is 14.5. The van der Waals surface area contributed by atoms with E-state index in [1.54, 1.807) is 102 Å². The second-order valence-electron chi connectivity index (χ2n) is 16.5. The number of para-hydroxylation sites is 2. The molecule has 2 aliphatic rings. The molecule has 0 radical (unpaired) electrons. The van der Waals surface area contributed by atoms with Crippen LogP contribution in [-0.4, -0.2) is 75.3 Å². The van der Waals surface area contributed by atoms with E-state index in [1.807, 2.05) is 0 Å². The van der Waals surface area contributed by atoms with E-state index in [-0.39, 0.29) is 35.7 Å². The molecule has 2 saturated heterocycles. The minimum Gasteiger partial charge on any atom is -0.480 e. The van der Waals surface area contributed by atoms with Crippen molar-refractivity contribution in [3.8, 4) is 23.0 Å². The first kappa shape index (κ1) is 49.3. The van der Waals surface area contributed by atoms with Gasteiger partial charge in [-0.05, 0) is 104 Å². The minimum absolute atomic E-state index is 0.0203. The molecule has 0 spiro atoms. The molecule has 4 N–H and O–H groups in total. The van der Waals surface area contributed by atoms with Gasteiger partial charge in [-0.2, -0.15) is 0 Å². The summed E-state index contributed by atoms with van der Waals surface area (Å²) in [4.78, 5) is 50.0. The summed E-state index contributed by atoms with van der Waals surface area (Å²) in [5.74, 6) is -3.61. The van der Waals surface area contributed by atoms with Crippen molar-refractivity contribution >= 4 is 24.1 Å². The highest BCUT2D eigenvalue weighted by molar-refractivity contribution is 5.86. The van der Waals surface area contributed by atoms with E-state index in [1.165, 1.54) is 9.80 Å². The summed E-state index contributed by atoms with van der Waals surface area (Å²) in [6.45, 7) is 11.1. The molecule has 4 aromatic rings. The molecule has 2 heterocycles. The second-order valence-corrected chi connectivity index (χ2v) is 16.5. The molecule has 2 fully saturated rings. The molecule has 2 aliphatic heterocycles. The Morgan fingerprint density at radius 1 is 0.651 bits per heavy atom. The van der Waals surface area contributed by atoms with E-state index >= 15 is 0 Å². The van der Waals surface area contributed by atoms with Crippen LogP contribution >= 0.6 is 0 Å². The number of carbonyl (C=O) groups is 4. The highest BCUT2D eigenvalue weighted by Crippen LogP contribution is 2.29. The lowest BCUT2D eigenvalue weighted by Crippen LogP contribution is -2.47. The van der Waals surface area contributed by atoms with Crippen LogP contribution in [0.15, 0.2) is 84.9 Å². The van der Waals surface area contributed by atoms with Crippen LogP contribution in [0.4, 0.5) is 27.2 Å². The number of likely N-dealkylation sites (tertiary alicyclic amines) is 2. The summed E-state index contributed by atoms with van der Waals surface area (Å²) in [6.07, 6.45) is 1.26. The van der Waals surface area contributed by atoms with Crippen molar-refractivity contribution in [1.82, 2.24) is 15.1 Å². The first-order valence-corrected chi connectivity index (χ1v) is 20.3. The van der Waals surface area contributed by atoms with Crippen LogP contribution in [0, 0.1) is 23.3 Å². The van der Waals surface area contributed by atoms with E-state index < -0.39 is 70.6 Å². The van der Waals surface area contributed by atoms with Crippen LogP contribution in [-0.2, 0) is 32.2 Å². The Kier molecular flexibility index (Phi) is 17.3. The van der Waals surface area contributed by atoms with E-state index in [9.17, 15) is 36.7 Å². The van der Waals surface area contributed by atoms with Crippen molar-refractivity contribution in [2.75, 3.05) is 13.1 Å². The number of nitrogens with two attached hydrogens (primary N) is 1. The average molecular weight is 883 g/mol. The second kappa shape index (κ2) is 22.1. The molecule has 0 bridgehead atoms. The summed E-state index contributed by atoms with van der Waals surface area (Å²) >= 11 is 0. The fourth-order valence-electron chi connectivity index (χ4n) is 6.26. The number of carboxylic acids is 1. The summed E-state index contributed by atoms with van der Waals surface area (Å²) in [6, 6.07) is 19.7. The third-order valence-corrected chi connectivity index (χ3v) is 9.17. The number of nitrogens with zero attached hydrogens (tertiary/aromatic N) is 2. The van der Waals surface area contributed by atoms with Gasteiger partial charge in [0.1, 0.15) is 46.4 Å². The van der Waals surface area contributed by atoms with Crippen LogP contribution in [0.3, 0.4) is 0 Å². The number of carboxylic acid groups (broad SMARTS) is 1. The Morgan fingerprint density at radius 2 is 1.06 bits per heavy atom. The van der Waals surface area contributed by atoms with Crippen LogP contribution in [0.25, 0.3) is 0 Å². The third-order valence-electron chi connectivity index (χ3n) is 9.17. The summed E-state index contributed by atoms with van der Waals surface area (Å²) < 4.78 is 76.9. The number of benzene rings is 4. The number of hydrogen-bond acceptors (Lipinski definition) is 9. The monoisotopic (exact) mass is 882 g/mol. The third kappa shape index (κ3) is 15.2. The van der Waals surface area contributed by atoms with Gasteiger partial charge in [0.15, 0.2) is 23.1 Å². The molecule has 63 heavy (non-hydrogen) atoms. The van der Waals surface area contributed by atoms with Gasteiger partial charge in [-0.1, -0.05) is 36.4 Å². The van der Waals surface area contributed by atoms with E-state index in [0.29, 0.717) is 43.9 Å². The smallest absolute Gasteiger partial charge is 0.411 e. The number of hydrogen-bond donors (Lipinski definition) is 3. The van der Waals surface area contributed by atoms with Gasteiger partial charge in [0.25, 0.3) is 0 Å². The zero-order chi connectivity index (χ0) is 46.5. The first-order valence-electron chi connectivity index (χ1n) is 20.3. The average Bonchev–Trinajstić information content (AvgIpc) is 3.92. The molecular formula is C46H54F4N4O9. The van der Waals surface area contributed by atoms with Crippen LogP contribution in [0.2, 0.25) is 0 Å². The molecule has 4 aromatic carbocycles. The zero-order valence-corrected chi connectivity index (χ0v) is 36.1. The van der Waals surface area contributed by atoms with Crippen LogP contribution < -0.4 is 20.5 Å². The van der Waals surface area contributed by atoms with Crippen molar-refractivity contribution in [1.29, 1.82) is 0 Å². The highest BCUT2D eigenvalue weighted by Gasteiger charge is 2.37. The number of ether oxygens (including phenoxy) is 4. The van der Waals surface area contributed by atoms with Gasteiger partial charge < -0.3 is 35.1 Å². The number of rotatable bonds is 9. The van der Waals surface area contributed by atoms with E-state index in [4.69, 9.17) is 29.8 Å². The Morgan fingerprint density at radius 3 is 1.49 bits per heavy atom. The molecule has 0 saturated carbocycles. The quantitative estimate of drug-likeness (QED) is 0.138. The van der Waals surface area contributed by atoms with Crippen molar-refractivity contribution < 1.29 is 60.8 Å². The molecule has 0 aliphatic carbocycles. The Balaban J connectivity index is 0.000000229. The van der Waals surface area contributed by atoms with Gasteiger partial charge in [0.2, 0.25) is 5.91 Å². The summed E-state index contributed by atoms with van der Waals surface area (Å²) in [7, 11) is 0. The normalized spacial score (nSPS) is 15.9. The first-order chi connectivity index (χ1) is 29.6. The van der Waals surface area contributed by atoms with Gasteiger partial charge in [-0.25, -0.2) is 31.9 Å². The van der Waals surface area contributed by atoms with Crippen LogP contribution in [0.1, 0.15) is 78.4 Å². The number of carbonyl (C=O) groups excluding carboxylic acids is 3. The minimum atomic E-state index is -0.960. The van der Waals surface area contributed by atoms with E-state index in [0.717, 1.165) is 30.7 Å². The molecule has 2 atom stereocenters. The van der Waals surface area contributed by atoms with Crippen molar-refractivity contribution in [3.05, 3.63) is 119 Å². The van der Waals surface area contributed by atoms with Crippen molar-refractivity contribution in [2.45, 2.75) is 104 Å². The lowest BCUT2D eigenvalue weighted by molar-refractivity contribution is -0.142. The maximum absolute atomic E-state index is 14.5. The SMILES string of the molecule is CC(C)(C)OC(=O)N1CCC[C@H]1C(=O)NCc1cc(F)c(Oc2ccccc2)cc1F.CC(C)(C)OC(=O)N1CCC[C@H]1C(=O)O.NCc1cc(F)c(Oc2ccccc2)cc1F. The lowest BCUT2D eigenvalue weighted by Gasteiger charge is -2.28. The molecule has 13 nitrogen and oxygen atoms in total.